The molecule has 0 aliphatic rings. The molecule has 0 radical (unpaired) electrons. The minimum atomic E-state index is -0.146. The van der Waals surface area contributed by atoms with Crippen molar-refractivity contribution in [3.8, 4) is 5.75 Å². The molecule has 2 nitrogen and oxygen atoms in total. The molecular formula is C15H11ClO2S. The zero-order valence-electron chi connectivity index (χ0n) is 9.92. The first-order valence-electron chi connectivity index (χ1n) is 5.57. The van der Waals surface area contributed by atoms with Gasteiger partial charge in [0, 0.05) is 15.5 Å². The van der Waals surface area contributed by atoms with E-state index in [2.05, 4.69) is 0 Å². The topological polar surface area (TPSA) is 37.3 Å². The number of benzene rings is 1. The molecule has 0 spiro atoms. The summed E-state index contributed by atoms with van der Waals surface area (Å²) in [5.74, 6) is -0.0524. The van der Waals surface area contributed by atoms with Crippen molar-refractivity contribution < 1.29 is 9.90 Å². The molecule has 1 N–H and O–H groups in total. The van der Waals surface area contributed by atoms with Crippen LogP contribution in [0.3, 0.4) is 0 Å². The first-order valence-corrected chi connectivity index (χ1v) is 6.83. The van der Waals surface area contributed by atoms with E-state index in [4.69, 9.17) is 11.6 Å². The number of ketones is 1. The van der Waals surface area contributed by atoms with E-state index in [1.54, 1.807) is 35.6 Å². The number of thiophene rings is 1. The van der Waals surface area contributed by atoms with Crippen LogP contribution in [0.15, 0.2) is 47.9 Å². The molecule has 0 amide bonds. The third kappa shape index (κ3) is 4.09. The van der Waals surface area contributed by atoms with Crippen molar-refractivity contribution in [2.45, 2.75) is 0 Å². The maximum atomic E-state index is 11.6. The molecular weight excluding hydrogens is 280 g/mol. The molecule has 0 aliphatic heterocycles. The van der Waals surface area contributed by atoms with Gasteiger partial charge >= 0.3 is 0 Å². The summed E-state index contributed by atoms with van der Waals surface area (Å²) in [4.78, 5) is 12.6. The van der Waals surface area contributed by atoms with Gasteiger partial charge in [-0.3, -0.25) is 4.79 Å². The van der Waals surface area contributed by atoms with Crippen LogP contribution in [-0.4, -0.2) is 10.9 Å². The highest BCUT2D eigenvalue weighted by molar-refractivity contribution is 7.10. The average molecular weight is 291 g/mol. The van der Waals surface area contributed by atoms with E-state index in [1.165, 1.54) is 18.2 Å². The fourth-order valence-electron chi connectivity index (χ4n) is 1.44. The van der Waals surface area contributed by atoms with Crippen LogP contribution in [0, 0.1) is 0 Å². The van der Waals surface area contributed by atoms with E-state index in [9.17, 15) is 9.90 Å². The summed E-state index contributed by atoms with van der Waals surface area (Å²) in [5.41, 5.74) is 0.519. The van der Waals surface area contributed by atoms with Crippen molar-refractivity contribution in [2.24, 2.45) is 0 Å². The van der Waals surface area contributed by atoms with Crippen LogP contribution in [0.1, 0.15) is 10.4 Å². The maximum absolute atomic E-state index is 11.6. The largest absolute Gasteiger partial charge is 0.507 e. The Balaban J connectivity index is 2.06. The van der Waals surface area contributed by atoms with Crippen LogP contribution < -0.4 is 0 Å². The highest BCUT2D eigenvalue weighted by Crippen LogP contribution is 2.22. The molecule has 96 valence electrons. The highest BCUT2D eigenvalue weighted by atomic mass is 35.5. The number of phenolic OH excluding ortho intramolecular Hbond substituents is 1. The van der Waals surface area contributed by atoms with Crippen molar-refractivity contribution in [3.05, 3.63) is 63.3 Å². The number of aromatic hydroxyl groups is 1. The summed E-state index contributed by atoms with van der Waals surface area (Å²) in [6, 6.07) is 8.54. The molecule has 0 unspecified atom stereocenters. The van der Waals surface area contributed by atoms with Gasteiger partial charge in [-0.05, 0) is 53.9 Å². The lowest BCUT2D eigenvalue weighted by atomic mass is 10.1. The normalized spacial score (nSPS) is 11.4. The Morgan fingerprint density at radius 2 is 2.00 bits per heavy atom. The number of hydrogen-bond donors (Lipinski definition) is 1. The zero-order valence-corrected chi connectivity index (χ0v) is 11.5. The Morgan fingerprint density at radius 1 is 1.21 bits per heavy atom. The smallest absolute Gasteiger partial charge is 0.178 e. The lowest BCUT2D eigenvalue weighted by Gasteiger charge is -1.98. The van der Waals surface area contributed by atoms with Crippen molar-refractivity contribution in [3.63, 3.8) is 0 Å². The third-order valence-corrected chi connectivity index (χ3v) is 3.44. The summed E-state index contributed by atoms with van der Waals surface area (Å²) in [6.45, 7) is 0. The van der Waals surface area contributed by atoms with Crippen LogP contribution >= 0.6 is 22.9 Å². The quantitative estimate of drug-likeness (QED) is 0.847. The summed E-state index contributed by atoms with van der Waals surface area (Å²) >= 11 is 7.38. The minimum absolute atomic E-state index is 0.0932. The van der Waals surface area contributed by atoms with E-state index < -0.39 is 0 Å². The van der Waals surface area contributed by atoms with Gasteiger partial charge in [0.1, 0.15) is 5.75 Å². The van der Waals surface area contributed by atoms with E-state index in [0.29, 0.717) is 10.6 Å². The molecule has 2 rings (SSSR count). The van der Waals surface area contributed by atoms with Gasteiger partial charge in [0.25, 0.3) is 0 Å². The Hall–Kier alpha value is -1.84. The lowest BCUT2D eigenvalue weighted by Crippen LogP contribution is -1.84. The molecule has 0 fully saturated rings. The predicted octanol–water partition coefficient (Wildman–Crippen LogP) is 4.40. The van der Waals surface area contributed by atoms with Crippen LogP contribution in [0.5, 0.6) is 5.75 Å². The van der Waals surface area contributed by atoms with Gasteiger partial charge in [0.2, 0.25) is 0 Å². The summed E-state index contributed by atoms with van der Waals surface area (Å²) in [6.07, 6.45) is 6.19. The molecule has 0 atom stereocenters. The molecule has 4 heteroatoms. The summed E-state index contributed by atoms with van der Waals surface area (Å²) < 4.78 is 0. The molecule has 0 saturated carbocycles. The van der Waals surface area contributed by atoms with Crippen molar-refractivity contribution >= 4 is 40.9 Å². The molecule has 19 heavy (non-hydrogen) atoms. The molecule has 1 heterocycles. The minimum Gasteiger partial charge on any atom is -0.507 e. The monoisotopic (exact) mass is 290 g/mol. The van der Waals surface area contributed by atoms with Crippen molar-refractivity contribution in [1.82, 2.24) is 0 Å². The standard InChI is InChI=1S/C15H11ClO2S/c16-12-4-8-15(18)11(10-12)3-5-13(17)6-7-14-2-1-9-19-14/h1-10,18H/b5-3+,7-6+. The summed E-state index contributed by atoms with van der Waals surface area (Å²) in [7, 11) is 0. The lowest BCUT2D eigenvalue weighted by molar-refractivity contribution is -0.110. The first-order chi connectivity index (χ1) is 9.15. The van der Waals surface area contributed by atoms with Crippen molar-refractivity contribution in [2.75, 3.05) is 0 Å². The second-order valence-electron chi connectivity index (χ2n) is 3.79. The highest BCUT2D eigenvalue weighted by Gasteiger charge is 1.98. The van der Waals surface area contributed by atoms with E-state index in [0.717, 1.165) is 4.88 Å². The van der Waals surface area contributed by atoms with Crippen LogP contribution in [0.4, 0.5) is 0 Å². The molecule has 0 aliphatic carbocycles. The van der Waals surface area contributed by atoms with Gasteiger partial charge < -0.3 is 5.11 Å². The fourth-order valence-corrected chi connectivity index (χ4v) is 2.24. The SMILES string of the molecule is O=C(/C=C/c1cccs1)/C=C/c1cc(Cl)ccc1O. The van der Waals surface area contributed by atoms with E-state index in [1.807, 2.05) is 17.5 Å². The number of hydrogen-bond acceptors (Lipinski definition) is 3. The van der Waals surface area contributed by atoms with Crippen LogP contribution in [-0.2, 0) is 4.79 Å². The number of carbonyl (C=O) groups is 1. The first kappa shape index (κ1) is 13.6. The Bertz CT molecular complexity index is 628. The molecule has 0 saturated heterocycles. The average Bonchev–Trinajstić information content (AvgIpc) is 2.90. The molecule has 0 bridgehead atoms. The van der Waals surface area contributed by atoms with Gasteiger partial charge in [-0.15, -0.1) is 11.3 Å². The van der Waals surface area contributed by atoms with Crippen LogP contribution in [0.25, 0.3) is 12.2 Å². The maximum Gasteiger partial charge on any atom is 0.178 e. The molecule has 2 aromatic rings. The number of allylic oxidation sites excluding steroid dienone is 2. The second kappa shape index (κ2) is 6.36. The third-order valence-electron chi connectivity index (χ3n) is 2.37. The number of phenols is 1. The van der Waals surface area contributed by atoms with Crippen molar-refractivity contribution in [1.29, 1.82) is 0 Å². The molecule has 1 aromatic heterocycles. The van der Waals surface area contributed by atoms with Gasteiger partial charge in [0.15, 0.2) is 5.78 Å². The summed E-state index contributed by atoms with van der Waals surface area (Å²) in [5, 5.41) is 12.1. The number of rotatable bonds is 4. The molecule has 1 aromatic carbocycles. The van der Waals surface area contributed by atoms with Gasteiger partial charge in [-0.2, -0.15) is 0 Å². The predicted molar refractivity (Wildman–Crippen MR) is 80.5 cm³/mol. The van der Waals surface area contributed by atoms with Gasteiger partial charge in [-0.25, -0.2) is 0 Å². The van der Waals surface area contributed by atoms with Gasteiger partial charge in [-0.1, -0.05) is 17.7 Å². The van der Waals surface area contributed by atoms with Gasteiger partial charge in [0.05, 0.1) is 0 Å². The Morgan fingerprint density at radius 3 is 2.74 bits per heavy atom. The fraction of sp³-hybridized carbons (Fsp3) is 0. The number of carbonyl (C=O) groups excluding carboxylic acids is 1. The van der Waals surface area contributed by atoms with Crippen LogP contribution in [0.2, 0.25) is 5.02 Å². The number of halogens is 1. The Labute approximate surface area is 120 Å². The van der Waals surface area contributed by atoms with E-state index in [-0.39, 0.29) is 11.5 Å². The zero-order chi connectivity index (χ0) is 13.7. The second-order valence-corrected chi connectivity index (χ2v) is 5.20. The Kier molecular flexibility index (Phi) is 4.55. The van der Waals surface area contributed by atoms with E-state index >= 15 is 0 Å².